The molecule has 134 valence electrons. The lowest BCUT2D eigenvalue weighted by atomic mass is 10.1. The number of nitro benzene ring substituents is 1. The van der Waals surface area contributed by atoms with Crippen LogP contribution >= 0.6 is 0 Å². The number of nitrogens with zero attached hydrogens (tertiary/aromatic N) is 2. The third-order valence-electron chi connectivity index (χ3n) is 2.94. The third-order valence-corrected chi connectivity index (χ3v) is 2.94. The first kappa shape index (κ1) is 18.1. The predicted octanol–water partition coefficient (Wildman–Crippen LogP) is 2.86. The molecule has 0 bridgehead atoms. The Labute approximate surface area is 139 Å². The molecule has 1 heterocycles. The molecule has 0 N–H and O–H groups in total. The molecule has 25 heavy (non-hydrogen) atoms. The van der Waals surface area contributed by atoms with Crippen LogP contribution in [0.3, 0.4) is 0 Å². The lowest BCUT2D eigenvalue weighted by Gasteiger charge is -2.11. The number of aryl methyl sites for hydroxylation is 1. The van der Waals surface area contributed by atoms with Gasteiger partial charge in [-0.05, 0) is 6.92 Å². The first-order chi connectivity index (χ1) is 11.8. The highest BCUT2D eigenvalue weighted by Crippen LogP contribution is 2.36. The van der Waals surface area contributed by atoms with E-state index in [1.165, 1.54) is 6.07 Å². The zero-order chi connectivity index (χ0) is 18.6. The van der Waals surface area contributed by atoms with Gasteiger partial charge in [-0.3, -0.25) is 10.1 Å². The van der Waals surface area contributed by atoms with Gasteiger partial charge >= 0.3 is 12.6 Å². The highest BCUT2D eigenvalue weighted by Gasteiger charge is 2.27. The van der Waals surface area contributed by atoms with Gasteiger partial charge in [-0.25, -0.2) is 4.79 Å². The Balaban J connectivity index is 2.30. The van der Waals surface area contributed by atoms with Gasteiger partial charge in [0.25, 0.3) is 5.69 Å². The summed E-state index contributed by atoms with van der Waals surface area (Å²) in [4.78, 5) is 22.3. The number of esters is 1. The molecular weight excluding hydrogens is 346 g/mol. The number of methoxy groups -OCH3 is 1. The molecule has 0 radical (unpaired) electrons. The summed E-state index contributed by atoms with van der Waals surface area (Å²) >= 11 is 0. The minimum Gasteiger partial charge on any atom is -0.493 e. The number of hydrogen-bond acceptors (Lipinski definition) is 8. The topological polar surface area (TPSA) is 114 Å². The van der Waals surface area contributed by atoms with Crippen LogP contribution in [0.1, 0.15) is 21.8 Å². The van der Waals surface area contributed by atoms with E-state index in [0.29, 0.717) is 17.5 Å². The average Bonchev–Trinajstić information content (AvgIpc) is 2.97. The summed E-state index contributed by atoms with van der Waals surface area (Å²) in [6.45, 7) is -1.87. The maximum absolute atomic E-state index is 12.4. The molecule has 0 unspecified atom stereocenters. The van der Waals surface area contributed by atoms with Gasteiger partial charge in [0, 0.05) is 12.1 Å². The van der Waals surface area contributed by atoms with Gasteiger partial charge in [-0.1, -0.05) is 5.16 Å². The number of rotatable bonds is 7. The second-order valence-electron chi connectivity index (χ2n) is 4.66. The van der Waals surface area contributed by atoms with Crippen LogP contribution in [-0.4, -0.2) is 29.8 Å². The molecule has 1 aromatic heterocycles. The number of alkyl halides is 2. The smallest absolute Gasteiger partial charge is 0.387 e. The van der Waals surface area contributed by atoms with Gasteiger partial charge in [0.15, 0.2) is 11.5 Å². The number of carbonyl (C=O) groups excluding carboxylic acids is 1. The molecule has 0 saturated carbocycles. The summed E-state index contributed by atoms with van der Waals surface area (Å²) in [5, 5.41) is 14.7. The van der Waals surface area contributed by atoms with E-state index < -0.39 is 34.5 Å². The molecule has 2 rings (SSSR count). The number of hydrogen-bond donors (Lipinski definition) is 0. The van der Waals surface area contributed by atoms with Gasteiger partial charge in [0.05, 0.1) is 18.1 Å². The van der Waals surface area contributed by atoms with Gasteiger partial charge in [0.1, 0.15) is 23.6 Å². The molecule has 0 aliphatic heterocycles. The van der Waals surface area contributed by atoms with Crippen LogP contribution in [0.25, 0.3) is 0 Å². The van der Waals surface area contributed by atoms with Crippen LogP contribution in [0.15, 0.2) is 22.7 Å². The number of carbonyl (C=O) groups is 1. The Kier molecular flexibility index (Phi) is 5.47. The van der Waals surface area contributed by atoms with E-state index in [2.05, 4.69) is 9.89 Å². The van der Waals surface area contributed by atoms with Crippen molar-refractivity contribution in [2.45, 2.75) is 20.1 Å². The Bertz CT molecular complexity index is 791. The lowest BCUT2D eigenvalue weighted by molar-refractivity contribution is -0.385. The average molecular weight is 358 g/mol. The van der Waals surface area contributed by atoms with Crippen LogP contribution in [-0.2, 0) is 11.3 Å². The van der Waals surface area contributed by atoms with Crippen LogP contribution in [0.4, 0.5) is 14.5 Å². The molecule has 0 aliphatic carbocycles. The van der Waals surface area contributed by atoms with Crippen LogP contribution in [0.2, 0.25) is 0 Å². The summed E-state index contributed by atoms with van der Waals surface area (Å²) in [7, 11) is 1.13. The second kappa shape index (κ2) is 7.55. The highest BCUT2D eigenvalue weighted by atomic mass is 19.3. The summed E-state index contributed by atoms with van der Waals surface area (Å²) < 4.78 is 43.5. The van der Waals surface area contributed by atoms with E-state index >= 15 is 0 Å². The van der Waals surface area contributed by atoms with Crippen molar-refractivity contribution in [3.8, 4) is 11.5 Å². The predicted molar refractivity (Wildman–Crippen MR) is 76.6 cm³/mol. The fourth-order valence-electron chi connectivity index (χ4n) is 1.91. The normalized spacial score (nSPS) is 10.6. The number of aromatic nitrogens is 1. The molecule has 0 atom stereocenters. The van der Waals surface area contributed by atoms with Crippen LogP contribution in [0.5, 0.6) is 11.5 Å². The lowest BCUT2D eigenvalue weighted by Crippen LogP contribution is -2.11. The van der Waals surface area contributed by atoms with Crippen molar-refractivity contribution in [3.63, 3.8) is 0 Å². The molecule has 0 aliphatic rings. The largest absolute Gasteiger partial charge is 0.493 e. The molecule has 11 heteroatoms. The summed E-state index contributed by atoms with van der Waals surface area (Å²) in [5.41, 5.74) is -0.945. The summed E-state index contributed by atoms with van der Waals surface area (Å²) in [5.74, 6) is -1.43. The van der Waals surface area contributed by atoms with Gasteiger partial charge in [-0.2, -0.15) is 8.78 Å². The van der Waals surface area contributed by atoms with Gasteiger partial charge in [-0.15, -0.1) is 0 Å². The molecule has 0 saturated heterocycles. The molecule has 0 spiro atoms. The summed E-state index contributed by atoms with van der Waals surface area (Å²) in [6, 6.07) is 3.08. The quantitative estimate of drug-likeness (QED) is 0.422. The first-order valence-corrected chi connectivity index (χ1v) is 6.72. The zero-order valence-corrected chi connectivity index (χ0v) is 13.0. The van der Waals surface area contributed by atoms with E-state index in [1.54, 1.807) is 6.92 Å². The first-order valence-electron chi connectivity index (χ1n) is 6.72. The minimum absolute atomic E-state index is 0.282. The monoisotopic (exact) mass is 358 g/mol. The molecule has 0 amide bonds. The maximum atomic E-state index is 12.4. The van der Waals surface area contributed by atoms with Crippen molar-refractivity contribution < 1.29 is 37.2 Å². The highest BCUT2D eigenvalue weighted by molar-refractivity contribution is 5.95. The molecule has 2 aromatic rings. The van der Waals surface area contributed by atoms with Crippen LogP contribution in [0, 0.1) is 17.0 Å². The van der Waals surface area contributed by atoms with Crippen molar-refractivity contribution in [1.82, 2.24) is 5.16 Å². The van der Waals surface area contributed by atoms with Crippen molar-refractivity contribution >= 4 is 11.7 Å². The molecule has 9 nitrogen and oxygen atoms in total. The van der Waals surface area contributed by atoms with E-state index in [-0.39, 0.29) is 12.4 Å². The molecular formula is C14H12F2N2O7. The standard InChI is InChI=1S/C14H12F2N2O7/c1-7-3-8(17-25-7)6-23-13(19)9-4-11(22-2)12(24-14(15)16)5-10(9)18(20)21/h3-5,14H,6H2,1-2H3. The zero-order valence-electron chi connectivity index (χ0n) is 13.0. The summed E-state index contributed by atoms with van der Waals surface area (Å²) in [6.07, 6.45) is 0. The Hall–Kier alpha value is -3.24. The number of benzene rings is 1. The van der Waals surface area contributed by atoms with Crippen molar-refractivity contribution in [2.75, 3.05) is 7.11 Å². The van der Waals surface area contributed by atoms with Crippen molar-refractivity contribution in [2.24, 2.45) is 0 Å². The van der Waals surface area contributed by atoms with Crippen molar-refractivity contribution in [1.29, 1.82) is 0 Å². The Morgan fingerprint density at radius 3 is 2.60 bits per heavy atom. The fraction of sp³-hybridized carbons (Fsp3) is 0.286. The number of ether oxygens (including phenoxy) is 3. The Morgan fingerprint density at radius 1 is 1.36 bits per heavy atom. The van der Waals surface area contributed by atoms with Crippen LogP contribution < -0.4 is 9.47 Å². The van der Waals surface area contributed by atoms with Gasteiger partial charge < -0.3 is 18.7 Å². The van der Waals surface area contributed by atoms with Crippen molar-refractivity contribution in [3.05, 3.63) is 45.3 Å². The van der Waals surface area contributed by atoms with E-state index in [4.69, 9.17) is 14.0 Å². The number of nitro groups is 1. The molecule has 0 fully saturated rings. The van der Waals surface area contributed by atoms with E-state index in [9.17, 15) is 23.7 Å². The molecule has 1 aromatic carbocycles. The number of halogens is 2. The van der Waals surface area contributed by atoms with Gasteiger partial charge in [0.2, 0.25) is 0 Å². The Morgan fingerprint density at radius 2 is 2.08 bits per heavy atom. The fourth-order valence-corrected chi connectivity index (χ4v) is 1.91. The van der Waals surface area contributed by atoms with E-state index in [1.807, 2.05) is 0 Å². The maximum Gasteiger partial charge on any atom is 0.387 e. The second-order valence-corrected chi connectivity index (χ2v) is 4.66. The SMILES string of the molecule is COc1cc(C(=O)OCc2cc(C)on2)c([N+](=O)[O-])cc1OC(F)F. The van der Waals surface area contributed by atoms with E-state index in [0.717, 1.165) is 13.2 Å². The third kappa shape index (κ3) is 4.40. The minimum atomic E-state index is -3.22.